The van der Waals surface area contributed by atoms with Gasteiger partial charge < -0.3 is 4.74 Å². The van der Waals surface area contributed by atoms with Crippen LogP contribution < -0.4 is 9.46 Å². The van der Waals surface area contributed by atoms with Gasteiger partial charge in [0, 0.05) is 29.7 Å². The summed E-state index contributed by atoms with van der Waals surface area (Å²) in [4.78, 5) is 5.74. The van der Waals surface area contributed by atoms with Crippen LogP contribution in [0.5, 0.6) is 5.75 Å². The Morgan fingerprint density at radius 3 is 2.67 bits per heavy atom. The van der Waals surface area contributed by atoms with Crippen LogP contribution in [0.2, 0.25) is 5.02 Å². The number of benzene rings is 1. The van der Waals surface area contributed by atoms with E-state index in [4.69, 9.17) is 16.3 Å². The van der Waals surface area contributed by atoms with Gasteiger partial charge in [-0.15, -0.1) is 11.3 Å². The van der Waals surface area contributed by atoms with Crippen molar-refractivity contribution < 1.29 is 17.5 Å². The molecule has 0 radical (unpaired) electrons. The molecule has 1 aromatic carbocycles. The number of aromatic nitrogens is 1. The Morgan fingerprint density at radius 1 is 1.23 bits per heavy atom. The Labute approximate surface area is 185 Å². The van der Waals surface area contributed by atoms with E-state index < -0.39 is 20.7 Å². The fourth-order valence-corrected chi connectivity index (χ4v) is 6.31. The number of sulfonamides is 1. The third-order valence-electron chi connectivity index (χ3n) is 6.05. The number of hydrogen-bond acceptors (Lipinski definition) is 6. The van der Waals surface area contributed by atoms with Gasteiger partial charge in [-0.25, -0.2) is 17.8 Å². The molecule has 10 heteroatoms. The summed E-state index contributed by atoms with van der Waals surface area (Å²) in [5.74, 6) is -0.723. The van der Waals surface area contributed by atoms with Crippen LogP contribution in [0.25, 0.3) is 0 Å². The van der Waals surface area contributed by atoms with E-state index >= 15 is 0 Å². The second kappa shape index (κ2) is 8.98. The lowest BCUT2D eigenvalue weighted by Gasteiger charge is -2.44. The molecule has 30 heavy (non-hydrogen) atoms. The van der Waals surface area contributed by atoms with Gasteiger partial charge in [0.05, 0.1) is 5.02 Å². The molecule has 2 fully saturated rings. The summed E-state index contributed by atoms with van der Waals surface area (Å²) in [5.41, 5.74) is 0. The molecule has 6 nitrogen and oxygen atoms in total. The average molecular weight is 474 g/mol. The standard InChI is InChI=1S/C20H25ClFN3O3S2/c1-25(13-5-4-6-13)16-7-2-3-8-17(16)28-18-12-15(22)19(11-14(18)21)30(26,27)24-20-23-9-10-29-20/h9-13,16-17H,2-8H2,1H3,(H,23,24)/t16-,17-/m0/s1. The summed E-state index contributed by atoms with van der Waals surface area (Å²) in [6, 6.07) is 3.01. The maximum absolute atomic E-state index is 14.8. The van der Waals surface area contributed by atoms with E-state index in [-0.39, 0.29) is 28.0 Å². The maximum Gasteiger partial charge on any atom is 0.266 e. The van der Waals surface area contributed by atoms with Gasteiger partial charge >= 0.3 is 0 Å². The Bertz CT molecular complexity index is 983. The SMILES string of the molecule is CN(C1CCC1)[C@H]1CCCC[C@@H]1Oc1cc(F)c(S(=O)(=O)Nc2nccs2)cc1Cl. The maximum atomic E-state index is 14.8. The van der Waals surface area contributed by atoms with Gasteiger partial charge in [0.2, 0.25) is 0 Å². The molecule has 2 aliphatic rings. The third-order valence-corrected chi connectivity index (χ3v) is 8.52. The first-order valence-corrected chi connectivity index (χ1v) is 12.9. The minimum Gasteiger partial charge on any atom is -0.487 e. The first kappa shape index (κ1) is 21.8. The highest BCUT2D eigenvalue weighted by atomic mass is 35.5. The monoisotopic (exact) mass is 473 g/mol. The molecule has 0 unspecified atom stereocenters. The summed E-state index contributed by atoms with van der Waals surface area (Å²) >= 11 is 7.43. The fourth-order valence-electron chi connectivity index (χ4n) is 4.16. The van der Waals surface area contributed by atoms with Crippen LogP contribution in [-0.2, 0) is 10.0 Å². The van der Waals surface area contributed by atoms with Crippen molar-refractivity contribution in [3.05, 3.63) is 34.5 Å². The van der Waals surface area contributed by atoms with Crippen LogP contribution >= 0.6 is 22.9 Å². The molecule has 1 heterocycles. The van der Waals surface area contributed by atoms with E-state index in [0.717, 1.165) is 49.2 Å². The molecule has 4 rings (SSSR count). The normalized spacial score (nSPS) is 22.7. The lowest BCUT2D eigenvalue weighted by molar-refractivity contribution is 0.00806. The van der Waals surface area contributed by atoms with E-state index in [1.54, 1.807) is 5.38 Å². The molecule has 0 aliphatic heterocycles. The van der Waals surface area contributed by atoms with Crippen molar-refractivity contribution in [1.29, 1.82) is 0 Å². The Balaban J connectivity index is 1.54. The number of anilines is 1. The molecule has 164 valence electrons. The van der Waals surface area contributed by atoms with Crippen LogP contribution in [0.15, 0.2) is 28.6 Å². The molecule has 2 aliphatic carbocycles. The van der Waals surface area contributed by atoms with Gasteiger partial charge in [0.15, 0.2) is 5.13 Å². The molecule has 2 atom stereocenters. The zero-order valence-corrected chi connectivity index (χ0v) is 19.1. The second-order valence-electron chi connectivity index (χ2n) is 7.91. The Hall–Kier alpha value is -1.42. The van der Waals surface area contributed by atoms with Crippen molar-refractivity contribution in [2.45, 2.75) is 68.0 Å². The van der Waals surface area contributed by atoms with Gasteiger partial charge in [0.25, 0.3) is 10.0 Å². The largest absolute Gasteiger partial charge is 0.487 e. The van der Waals surface area contributed by atoms with Gasteiger partial charge in [-0.3, -0.25) is 9.62 Å². The average Bonchev–Trinajstić information content (AvgIpc) is 3.15. The first-order valence-electron chi connectivity index (χ1n) is 10.1. The van der Waals surface area contributed by atoms with Crippen molar-refractivity contribution >= 4 is 38.1 Å². The minimum atomic E-state index is -4.14. The van der Waals surface area contributed by atoms with Gasteiger partial charge in [-0.2, -0.15) is 0 Å². The fraction of sp³-hybridized carbons (Fsp3) is 0.550. The van der Waals surface area contributed by atoms with Crippen molar-refractivity contribution in [1.82, 2.24) is 9.88 Å². The van der Waals surface area contributed by atoms with E-state index in [1.165, 1.54) is 25.5 Å². The quantitative estimate of drug-likeness (QED) is 0.618. The van der Waals surface area contributed by atoms with E-state index in [0.29, 0.717) is 6.04 Å². The highest BCUT2D eigenvalue weighted by Gasteiger charge is 2.36. The molecule has 2 saturated carbocycles. The minimum absolute atomic E-state index is 0.0755. The number of nitrogens with one attached hydrogen (secondary N) is 1. The Kier molecular flexibility index (Phi) is 6.53. The molecule has 0 spiro atoms. The van der Waals surface area contributed by atoms with Gasteiger partial charge in [-0.05, 0) is 45.2 Å². The lowest BCUT2D eigenvalue weighted by atomic mass is 9.85. The molecule has 1 N–H and O–H groups in total. The molecular formula is C20H25ClFN3O3S2. The van der Waals surface area contributed by atoms with E-state index in [1.807, 2.05) is 0 Å². The van der Waals surface area contributed by atoms with E-state index in [9.17, 15) is 12.8 Å². The summed E-state index contributed by atoms with van der Waals surface area (Å²) in [7, 11) is -2.01. The Morgan fingerprint density at radius 2 is 2.00 bits per heavy atom. The zero-order valence-electron chi connectivity index (χ0n) is 16.7. The highest BCUT2D eigenvalue weighted by Crippen LogP contribution is 2.36. The van der Waals surface area contributed by atoms with Crippen LogP contribution in [0.4, 0.5) is 9.52 Å². The number of ether oxygens (including phenoxy) is 1. The number of likely N-dealkylation sites (N-methyl/N-ethyl adjacent to an activating group) is 1. The predicted octanol–water partition coefficient (Wildman–Crippen LogP) is 4.91. The molecular weight excluding hydrogens is 449 g/mol. The van der Waals surface area contributed by atoms with Crippen LogP contribution in [0.1, 0.15) is 44.9 Å². The molecule has 0 amide bonds. The molecule has 1 aromatic heterocycles. The van der Waals surface area contributed by atoms with Crippen molar-refractivity contribution in [3.63, 3.8) is 0 Å². The highest BCUT2D eigenvalue weighted by molar-refractivity contribution is 7.93. The number of thiazole rings is 1. The summed E-state index contributed by atoms with van der Waals surface area (Å²) < 4.78 is 48.3. The lowest BCUT2D eigenvalue weighted by Crippen LogP contribution is -2.52. The molecule has 2 aromatic rings. The summed E-state index contributed by atoms with van der Waals surface area (Å²) in [5, 5.41) is 1.86. The van der Waals surface area contributed by atoms with Crippen molar-refractivity contribution in [3.8, 4) is 5.75 Å². The van der Waals surface area contributed by atoms with Crippen LogP contribution in [0, 0.1) is 5.82 Å². The van der Waals surface area contributed by atoms with Crippen molar-refractivity contribution in [2.75, 3.05) is 11.8 Å². The third kappa shape index (κ3) is 4.59. The molecule has 0 bridgehead atoms. The molecule has 0 saturated heterocycles. The van der Waals surface area contributed by atoms with E-state index in [2.05, 4.69) is 21.7 Å². The first-order chi connectivity index (χ1) is 14.3. The number of halogens is 2. The smallest absolute Gasteiger partial charge is 0.266 e. The predicted molar refractivity (Wildman–Crippen MR) is 116 cm³/mol. The van der Waals surface area contributed by atoms with Crippen molar-refractivity contribution in [2.24, 2.45) is 0 Å². The van der Waals surface area contributed by atoms with Crippen LogP contribution in [-0.4, -0.2) is 43.5 Å². The zero-order chi connectivity index (χ0) is 21.3. The number of rotatable bonds is 7. The second-order valence-corrected chi connectivity index (χ2v) is 10.9. The number of hydrogen-bond donors (Lipinski definition) is 1. The van der Waals surface area contributed by atoms with Gasteiger partial charge in [-0.1, -0.05) is 24.4 Å². The van der Waals surface area contributed by atoms with Crippen LogP contribution in [0.3, 0.4) is 0 Å². The number of nitrogens with zero attached hydrogens (tertiary/aromatic N) is 2. The van der Waals surface area contributed by atoms with Gasteiger partial charge in [0.1, 0.15) is 22.6 Å². The summed E-state index contributed by atoms with van der Waals surface area (Å²) in [6.07, 6.45) is 9.11. The topological polar surface area (TPSA) is 71.5 Å². The summed E-state index contributed by atoms with van der Waals surface area (Å²) in [6.45, 7) is 0.